The van der Waals surface area contributed by atoms with Crippen LogP contribution in [0.2, 0.25) is 0 Å². The molecule has 1 atom stereocenters. The predicted octanol–water partition coefficient (Wildman–Crippen LogP) is 5.27. The Hall–Kier alpha value is -1.91. The van der Waals surface area contributed by atoms with Gasteiger partial charge in [-0.05, 0) is 48.2 Å². The summed E-state index contributed by atoms with van der Waals surface area (Å²) in [5, 5.41) is 4.46. The molecule has 0 nitrogen and oxygen atoms in total. The Morgan fingerprint density at radius 2 is 0.880 bits per heavy atom. The van der Waals surface area contributed by atoms with Crippen molar-refractivity contribution >= 4 is 23.2 Å². The van der Waals surface area contributed by atoms with Crippen LogP contribution in [0.1, 0.15) is 20.8 Å². The number of benzene rings is 3. The molecule has 0 bridgehead atoms. The van der Waals surface area contributed by atoms with Gasteiger partial charge in [0.1, 0.15) is 23.2 Å². The minimum Gasteiger partial charge on any atom is -0.0624 e. The second-order valence-corrected chi connectivity index (χ2v) is 10.8. The van der Waals surface area contributed by atoms with Crippen molar-refractivity contribution in [1.82, 2.24) is 0 Å². The third-order valence-corrected chi connectivity index (χ3v) is 9.95. The molecule has 3 rings (SSSR count). The zero-order valence-corrected chi connectivity index (χ0v) is 16.4. The molecular formula is C24H28P+. The van der Waals surface area contributed by atoms with Crippen LogP contribution in [0, 0.1) is 11.8 Å². The fourth-order valence-electron chi connectivity index (χ4n) is 3.45. The molecule has 0 saturated carbocycles. The summed E-state index contributed by atoms with van der Waals surface area (Å²) in [7, 11) is -1.66. The van der Waals surface area contributed by atoms with Crippen LogP contribution in [0.15, 0.2) is 91.0 Å². The lowest BCUT2D eigenvalue weighted by molar-refractivity contribution is 0.462. The minimum absolute atomic E-state index is 0.661. The van der Waals surface area contributed by atoms with Gasteiger partial charge in [0.25, 0.3) is 0 Å². The van der Waals surface area contributed by atoms with Crippen LogP contribution in [0.25, 0.3) is 0 Å². The summed E-state index contributed by atoms with van der Waals surface area (Å²) < 4.78 is 0. The molecule has 0 spiro atoms. The topological polar surface area (TPSA) is 0 Å². The fourth-order valence-corrected chi connectivity index (χ4v) is 8.31. The second-order valence-electron chi connectivity index (χ2n) is 7.22. The van der Waals surface area contributed by atoms with Crippen molar-refractivity contribution in [3.63, 3.8) is 0 Å². The van der Waals surface area contributed by atoms with Crippen LogP contribution in [0.3, 0.4) is 0 Å². The van der Waals surface area contributed by atoms with E-state index in [1.165, 1.54) is 22.1 Å². The average molecular weight is 347 g/mol. The van der Waals surface area contributed by atoms with Gasteiger partial charge in [-0.1, -0.05) is 75.4 Å². The molecule has 0 saturated heterocycles. The zero-order valence-electron chi connectivity index (χ0n) is 15.5. The maximum absolute atomic E-state index is 2.41. The Bertz CT molecular complexity index is 666. The van der Waals surface area contributed by atoms with Crippen LogP contribution in [0.4, 0.5) is 0 Å². The van der Waals surface area contributed by atoms with E-state index in [4.69, 9.17) is 0 Å². The van der Waals surface area contributed by atoms with Crippen molar-refractivity contribution in [1.29, 1.82) is 0 Å². The molecule has 0 aliphatic carbocycles. The second kappa shape index (κ2) is 7.98. The summed E-state index contributed by atoms with van der Waals surface area (Å²) in [5.74, 6) is 1.34. The lowest BCUT2D eigenvalue weighted by Gasteiger charge is -2.31. The van der Waals surface area contributed by atoms with Gasteiger partial charge < -0.3 is 0 Å². The third-order valence-electron chi connectivity index (χ3n) is 5.29. The lowest BCUT2D eigenvalue weighted by Crippen LogP contribution is -2.36. The van der Waals surface area contributed by atoms with E-state index in [1.54, 1.807) is 0 Å². The quantitative estimate of drug-likeness (QED) is 0.533. The molecule has 0 amide bonds. The van der Waals surface area contributed by atoms with Crippen LogP contribution < -0.4 is 15.9 Å². The van der Waals surface area contributed by atoms with E-state index in [-0.39, 0.29) is 0 Å². The smallest absolute Gasteiger partial charge is 0.0624 e. The number of hydrogen-bond acceptors (Lipinski definition) is 0. The molecule has 0 aliphatic heterocycles. The molecule has 0 heterocycles. The minimum atomic E-state index is -1.66. The Morgan fingerprint density at radius 3 is 1.16 bits per heavy atom. The monoisotopic (exact) mass is 347 g/mol. The van der Waals surface area contributed by atoms with Crippen molar-refractivity contribution in [3.8, 4) is 0 Å². The molecule has 1 unspecified atom stereocenters. The van der Waals surface area contributed by atoms with E-state index < -0.39 is 7.26 Å². The first-order valence-electron chi connectivity index (χ1n) is 9.19. The lowest BCUT2D eigenvalue weighted by atomic mass is 10.0. The number of hydrogen-bond donors (Lipinski definition) is 0. The van der Waals surface area contributed by atoms with E-state index in [0.29, 0.717) is 11.8 Å². The van der Waals surface area contributed by atoms with E-state index in [9.17, 15) is 0 Å². The van der Waals surface area contributed by atoms with E-state index in [1.807, 2.05) is 0 Å². The summed E-state index contributed by atoms with van der Waals surface area (Å²) in [6, 6.07) is 33.5. The van der Waals surface area contributed by atoms with Gasteiger partial charge in [0.2, 0.25) is 0 Å². The van der Waals surface area contributed by atoms with E-state index in [2.05, 4.69) is 112 Å². The molecule has 0 fully saturated rings. The van der Waals surface area contributed by atoms with Gasteiger partial charge in [-0.25, -0.2) is 0 Å². The maximum atomic E-state index is 2.41. The summed E-state index contributed by atoms with van der Waals surface area (Å²) in [4.78, 5) is 0. The van der Waals surface area contributed by atoms with Crippen LogP contribution in [-0.2, 0) is 0 Å². The summed E-state index contributed by atoms with van der Waals surface area (Å²) in [5.41, 5.74) is 0. The van der Waals surface area contributed by atoms with Gasteiger partial charge >= 0.3 is 0 Å². The number of rotatable bonds is 6. The summed E-state index contributed by atoms with van der Waals surface area (Å²) >= 11 is 0. The highest BCUT2D eigenvalue weighted by molar-refractivity contribution is 7.95. The molecule has 0 aromatic heterocycles. The third kappa shape index (κ3) is 3.70. The average Bonchev–Trinajstić information content (AvgIpc) is 2.68. The van der Waals surface area contributed by atoms with Crippen molar-refractivity contribution < 1.29 is 0 Å². The standard InChI is InChI=1S/C24H28P/c1-20(2)21(3)19-25(22-13-7-4-8-14-22,23-15-9-5-10-16-23)24-17-11-6-12-18-24/h4-18,20-21H,19H2,1-3H3/q+1. The van der Waals surface area contributed by atoms with Gasteiger partial charge in [-0.3, -0.25) is 0 Å². The first-order valence-corrected chi connectivity index (χ1v) is 11.2. The maximum Gasteiger partial charge on any atom is 0.112 e. The van der Waals surface area contributed by atoms with Crippen molar-refractivity contribution in [2.24, 2.45) is 11.8 Å². The SMILES string of the molecule is CC(C)C(C)C[P+](c1ccccc1)(c1ccccc1)c1ccccc1. The first kappa shape index (κ1) is 17.9. The molecule has 25 heavy (non-hydrogen) atoms. The molecule has 3 aromatic carbocycles. The molecular weight excluding hydrogens is 319 g/mol. The van der Waals surface area contributed by atoms with E-state index >= 15 is 0 Å². The van der Waals surface area contributed by atoms with Gasteiger partial charge in [0.15, 0.2) is 0 Å². The normalized spacial score (nSPS) is 13.0. The largest absolute Gasteiger partial charge is 0.112 e. The van der Waals surface area contributed by atoms with Crippen LogP contribution >= 0.6 is 7.26 Å². The summed E-state index contributed by atoms with van der Waals surface area (Å²) in [6.45, 7) is 7.11. The Labute approximate surface area is 153 Å². The molecule has 1 heteroatoms. The van der Waals surface area contributed by atoms with Crippen LogP contribution in [-0.4, -0.2) is 6.16 Å². The van der Waals surface area contributed by atoms with Gasteiger partial charge in [-0.15, -0.1) is 0 Å². The highest BCUT2D eigenvalue weighted by Gasteiger charge is 2.46. The molecule has 3 aromatic rings. The van der Waals surface area contributed by atoms with Gasteiger partial charge in [-0.2, -0.15) is 0 Å². The molecule has 0 radical (unpaired) electrons. The van der Waals surface area contributed by atoms with E-state index in [0.717, 1.165) is 0 Å². The fraction of sp³-hybridized carbons (Fsp3) is 0.250. The molecule has 0 aliphatic rings. The van der Waals surface area contributed by atoms with Gasteiger partial charge in [0, 0.05) is 0 Å². The van der Waals surface area contributed by atoms with Crippen molar-refractivity contribution in [2.75, 3.05) is 6.16 Å². The molecule has 128 valence electrons. The van der Waals surface area contributed by atoms with Gasteiger partial charge in [0.05, 0.1) is 6.16 Å². The highest BCUT2D eigenvalue weighted by atomic mass is 31.2. The van der Waals surface area contributed by atoms with Crippen LogP contribution in [0.5, 0.6) is 0 Å². The Balaban J connectivity index is 2.27. The highest BCUT2D eigenvalue weighted by Crippen LogP contribution is 2.57. The zero-order chi connectivity index (χ0) is 17.7. The van der Waals surface area contributed by atoms with Crippen molar-refractivity contribution in [2.45, 2.75) is 20.8 Å². The molecule has 0 N–H and O–H groups in total. The Kier molecular flexibility index (Phi) is 5.71. The van der Waals surface area contributed by atoms with Crippen molar-refractivity contribution in [3.05, 3.63) is 91.0 Å². The Morgan fingerprint density at radius 1 is 0.560 bits per heavy atom. The first-order chi connectivity index (χ1) is 12.1. The summed E-state index contributed by atoms with van der Waals surface area (Å²) in [6.07, 6.45) is 1.21. The predicted molar refractivity (Wildman–Crippen MR) is 114 cm³/mol.